The fraction of sp³-hybridized carbons (Fsp3) is 0.556. The van der Waals surface area contributed by atoms with Gasteiger partial charge < -0.3 is 4.74 Å². The molecule has 3 atom stereocenters. The van der Waals surface area contributed by atoms with Crippen LogP contribution in [0.1, 0.15) is 40.2 Å². The summed E-state index contributed by atoms with van der Waals surface area (Å²) < 4.78 is 5.49. The van der Waals surface area contributed by atoms with Crippen molar-refractivity contribution >= 4 is 11.9 Å². The molecule has 1 aromatic carbocycles. The Kier molecular flexibility index (Phi) is 5.09. The third-order valence-electron chi connectivity index (χ3n) is 4.11. The predicted molar refractivity (Wildman–Crippen MR) is 88.1 cm³/mol. The number of carbonyl (C=O) groups is 2. The highest BCUT2D eigenvalue weighted by Gasteiger charge is 2.42. The highest BCUT2D eigenvalue weighted by molar-refractivity contribution is 5.84. The number of hydrogen-bond donors (Lipinski definition) is 1. The SMILES string of the molecule is C[C@H]1[C@@H](C(=O)OC(C)(C)C)NN(Cc2ccccc2)C(=O)[C@@H]1C. The van der Waals surface area contributed by atoms with Crippen LogP contribution in [-0.4, -0.2) is 28.5 Å². The molecule has 0 radical (unpaired) electrons. The van der Waals surface area contributed by atoms with E-state index >= 15 is 0 Å². The molecule has 0 spiro atoms. The van der Waals surface area contributed by atoms with Crippen molar-refractivity contribution in [3.63, 3.8) is 0 Å². The van der Waals surface area contributed by atoms with E-state index in [9.17, 15) is 9.59 Å². The summed E-state index contributed by atoms with van der Waals surface area (Å²) in [6.07, 6.45) is 0. The van der Waals surface area contributed by atoms with Crippen LogP contribution in [0, 0.1) is 11.8 Å². The molecule has 1 aliphatic rings. The minimum atomic E-state index is -0.548. The fourth-order valence-electron chi connectivity index (χ4n) is 2.63. The second-order valence-electron chi connectivity index (χ2n) is 7.20. The summed E-state index contributed by atoms with van der Waals surface area (Å²) >= 11 is 0. The Morgan fingerprint density at radius 3 is 2.39 bits per heavy atom. The zero-order valence-electron chi connectivity index (χ0n) is 14.5. The van der Waals surface area contributed by atoms with Gasteiger partial charge in [0.2, 0.25) is 5.91 Å². The first-order valence-corrected chi connectivity index (χ1v) is 8.03. The van der Waals surface area contributed by atoms with E-state index in [0.29, 0.717) is 6.54 Å². The Labute approximate surface area is 138 Å². The molecule has 0 aromatic heterocycles. The van der Waals surface area contributed by atoms with Crippen LogP contribution in [0.5, 0.6) is 0 Å². The Hall–Kier alpha value is -1.88. The Morgan fingerprint density at radius 1 is 1.22 bits per heavy atom. The van der Waals surface area contributed by atoms with Gasteiger partial charge in [-0.2, -0.15) is 0 Å². The summed E-state index contributed by atoms with van der Waals surface area (Å²) in [4.78, 5) is 25.0. The zero-order valence-corrected chi connectivity index (χ0v) is 14.5. The molecule has 1 fully saturated rings. The van der Waals surface area contributed by atoms with Gasteiger partial charge in [0.15, 0.2) is 0 Å². The normalized spacial score (nSPS) is 25.3. The largest absolute Gasteiger partial charge is 0.459 e. The van der Waals surface area contributed by atoms with Crippen LogP contribution < -0.4 is 5.43 Å². The maximum absolute atomic E-state index is 12.5. The Balaban J connectivity index is 2.15. The van der Waals surface area contributed by atoms with Crippen LogP contribution in [-0.2, 0) is 20.9 Å². The molecule has 1 aliphatic heterocycles. The predicted octanol–water partition coefficient (Wildman–Crippen LogP) is 2.52. The summed E-state index contributed by atoms with van der Waals surface area (Å²) in [5.41, 5.74) is 3.53. The average Bonchev–Trinajstić information content (AvgIpc) is 2.47. The molecule has 5 nitrogen and oxygen atoms in total. The number of ether oxygens (including phenoxy) is 1. The van der Waals surface area contributed by atoms with Crippen LogP contribution in [0.2, 0.25) is 0 Å². The van der Waals surface area contributed by atoms with Crippen molar-refractivity contribution in [1.82, 2.24) is 10.4 Å². The van der Waals surface area contributed by atoms with Crippen LogP contribution in [0.4, 0.5) is 0 Å². The topological polar surface area (TPSA) is 58.6 Å². The number of benzene rings is 1. The van der Waals surface area contributed by atoms with E-state index in [1.807, 2.05) is 65.0 Å². The van der Waals surface area contributed by atoms with Crippen LogP contribution >= 0.6 is 0 Å². The summed E-state index contributed by atoms with van der Waals surface area (Å²) in [6.45, 7) is 9.72. The molecule has 126 valence electrons. The van der Waals surface area contributed by atoms with Gasteiger partial charge in [-0.1, -0.05) is 44.2 Å². The number of rotatable bonds is 3. The molecular formula is C18H26N2O3. The van der Waals surface area contributed by atoms with Crippen molar-refractivity contribution in [2.75, 3.05) is 0 Å². The maximum Gasteiger partial charge on any atom is 0.325 e. The summed E-state index contributed by atoms with van der Waals surface area (Å²) in [7, 11) is 0. The van der Waals surface area contributed by atoms with E-state index < -0.39 is 11.6 Å². The Morgan fingerprint density at radius 2 is 1.83 bits per heavy atom. The average molecular weight is 318 g/mol. The van der Waals surface area contributed by atoms with E-state index in [2.05, 4.69) is 5.43 Å². The van der Waals surface area contributed by atoms with Crippen molar-refractivity contribution in [2.45, 2.75) is 52.8 Å². The van der Waals surface area contributed by atoms with Gasteiger partial charge in [0.05, 0.1) is 6.54 Å². The molecule has 1 N–H and O–H groups in total. The van der Waals surface area contributed by atoms with Gasteiger partial charge in [0.25, 0.3) is 0 Å². The number of esters is 1. The number of hydrazine groups is 1. The first kappa shape index (κ1) is 17.5. The summed E-state index contributed by atoms with van der Waals surface area (Å²) in [5, 5.41) is 1.54. The van der Waals surface area contributed by atoms with E-state index in [1.165, 1.54) is 5.01 Å². The molecule has 1 saturated heterocycles. The number of hydrogen-bond acceptors (Lipinski definition) is 4. The van der Waals surface area contributed by atoms with Gasteiger partial charge in [-0.3, -0.25) is 14.6 Å². The van der Waals surface area contributed by atoms with Gasteiger partial charge in [-0.15, -0.1) is 0 Å². The monoisotopic (exact) mass is 318 g/mol. The van der Waals surface area contributed by atoms with Crippen molar-refractivity contribution in [2.24, 2.45) is 11.8 Å². The third-order valence-corrected chi connectivity index (χ3v) is 4.11. The van der Waals surface area contributed by atoms with E-state index in [-0.39, 0.29) is 23.7 Å². The maximum atomic E-state index is 12.5. The van der Waals surface area contributed by atoms with Crippen molar-refractivity contribution in [3.05, 3.63) is 35.9 Å². The number of amides is 1. The molecule has 2 rings (SSSR count). The molecule has 0 aliphatic carbocycles. The van der Waals surface area contributed by atoms with Crippen LogP contribution in [0.25, 0.3) is 0 Å². The second kappa shape index (κ2) is 6.71. The van der Waals surface area contributed by atoms with Crippen molar-refractivity contribution in [1.29, 1.82) is 0 Å². The molecule has 1 heterocycles. The molecule has 23 heavy (non-hydrogen) atoms. The number of nitrogens with one attached hydrogen (secondary N) is 1. The van der Waals surface area contributed by atoms with Crippen LogP contribution in [0.15, 0.2) is 30.3 Å². The highest BCUT2D eigenvalue weighted by Crippen LogP contribution is 2.26. The molecular weight excluding hydrogens is 292 g/mol. The molecule has 1 amide bonds. The molecule has 0 bridgehead atoms. The van der Waals surface area contributed by atoms with Crippen molar-refractivity contribution in [3.8, 4) is 0 Å². The van der Waals surface area contributed by atoms with Gasteiger partial charge in [0, 0.05) is 5.92 Å². The van der Waals surface area contributed by atoms with Gasteiger partial charge in [-0.05, 0) is 32.3 Å². The fourth-order valence-corrected chi connectivity index (χ4v) is 2.63. The van der Waals surface area contributed by atoms with Gasteiger partial charge in [-0.25, -0.2) is 5.43 Å². The minimum Gasteiger partial charge on any atom is -0.459 e. The van der Waals surface area contributed by atoms with Gasteiger partial charge >= 0.3 is 5.97 Å². The second-order valence-corrected chi connectivity index (χ2v) is 7.20. The minimum absolute atomic E-state index is 0.00108. The molecule has 5 heteroatoms. The van der Waals surface area contributed by atoms with E-state index in [1.54, 1.807) is 0 Å². The standard InChI is InChI=1S/C18H26N2O3/c1-12-13(2)16(21)20(11-14-9-7-6-8-10-14)19-15(12)17(22)23-18(3,4)5/h6-10,12-13,15,19H,11H2,1-5H3/t12-,13-,15+/m1/s1. The lowest BCUT2D eigenvalue weighted by atomic mass is 9.86. The summed E-state index contributed by atoms with van der Waals surface area (Å²) in [5.74, 6) is -0.676. The lowest BCUT2D eigenvalue weighted by molar-refractivity contribution is -0.168. The summed E-state index contributed by atoms with van der Waals surface area (Å²) in [6, 6.07) is 9.19. The van der Waals surface area contributed by atoms with Gasteiger partial charge in [0.1, 0.15) is 11.6 Å². The molecule has 1 aromatic rings. The lowest BCUT2D eigenvalue weighted by Gasteiger charge is -2.41. The first-order chi connectivity index (χ1) is 10.7. The molecule has 0 unspecified atom stereocenters. The molecule has 0 saturated carbocycles. The number of carbonyl (C=O) groups excluding carboxylic acids is 2. The third kappa shape index (κ3) is 4.32. The highest BCUT2D eigenvalue weighted by atomic mass is 16.6. The smallest absolute Gasteiger partial charge is 0.325 e. The lowest BCUT2D eigenvalue weighted by Crippen LogP contribution is -2.62. The quantitative estimate of drug-likeness (QED) is 0.870. The van der Waals surface area contributed by atoms with E-state index in [0.717, 1.165) is 5.56 Å². The van der Waals surface area contributed by atoms with E-state index in [4.69, 9.17) is 4.74 Å². The first-order valence-electron chi connectivity index (χ1n) is 8.03. The Bertz CT molecular complexity index is 565. The zero-order chi connectivity index (χ0) is 17.2. The number of nitrogens with zero attached hydrogens (tertiary/aromatic N) is 1. The van der Waals surface area contributed by atoms with Crippen LogP contribution in [0.3, 0.4) is 0 Å². The van der Waals surface area contributed by atoms with Crippen molar-refractivity contribution < 1.29 is 14.3 Å².